The number of rotatable bonds is 1. The first-order valence-corrected chi connectivity index (χ1v) is 5.04. The van der Waals surface area contributed by atoms with Crippen LogP contribution >= 0.6 is 11.3 Å². The molecule has 15 heavy (non-hydrogen) atoms. The third kappa shape index (κ3) is 1.73. The van der Waals surface area contributed by atoms with E-state index in [1.807, 2.05) is 6.92 Å². The molecule has 0 aromatic carbocycles. The standard InChI is InChI=1S/C8H9N5OS/c1-4-3-5(7(14)13(2)12-4)6-10-11-8(9)15-6/h3H,1-2H3,(H2,9,11). The predicted molar refractivity (Wildman–Crippen MR) is 57.5 cm³/mol. The van der Waals surface area contributed by atoms with Crippen molar-refractivity contribution in [1.82, 2.24) is 20.0 Å². The highest BCUT2D eigenvalue weighted by Gasteiger charge is 2.11. The molecular weight excluding hydrogens is 214 g/mol. The first-order chi connectivity index (χ1) is 7.08. The van der Waals surface area contributed by atoms with E-state index < -0.39 is 0 Å². The maximum absolute atomic E-state index is 11.7. The maximum Gasteiger partial charge on any atom is 0.276 e. The summed E-state index contributed by atoms with van der Waals surface area (Å²) in [6, 6.07) is 1.68. The van der Waals surface area contributed by atoms with Crippen LogP contribution in [0.25, 0.3) is 10.6 Å². The Morgan fingerprint density at radius 1 is 1.47 bits per heavy atom. The lowest BCUT2D eigenvalue weighted by molar-refractivity contribution is 0.694. The molecule has 0 saturated heterocycles. The molecule has 0 bridgehead atoms. The van der Waals surface area contributed by atoms with Gasteiger partial charge in [0.15, 0.2) is 5.01 Å². The van der Waals surface area contributed by atoms with Crippen molar-refractivity contribution in [2.45, 2.75) is 6.92 Å². The molecule has 6 nitrogen and oxygen atoms in total. The molecule has 0 aliphatic rings. The van der Waals surface area contributed by atoms with Gasteiger partial charge in [0.25, 0.3) is 5.56 Å². The summed E-state index contributed by atoms with van der Waals surface area (Å²) in [5, 5.41) is 12.4. The number of nitrogen functional groups attached to an aromatic ring is 1. The molecule has 0 saturated carbocycles. The lowest BCUT2D eigenvalue weighted by Gasteiger charge is -2.00. The Bertz CT molecular complexity index is 558. The van der Waals surface area contributed by atoms with Crippen LogP contribution in [-0.4, -0.2) is 20.0 Å². The van der Waals surface area contributed by atoms with Crippen molar-refractivity contribution < 1.29 is 0 Å². The SMILES string of the molecule is Cc1cc(-c2nnc(N)s2)c(=O)n(C)n1. The largest absolute Gasteiger partial charge is 0.374 e. The van der Waals surface area contributed by atoms with Gasteiger partial charge in [0.1, 0.15) is 0 Å². The minimum Gasteiger partial charge on any atom is -0.374 e. The van der Waals surface area contributed by atoms with Crippen LogP contribution in [0.4, 0.5) is 5.13 Å². The van der Waals surface area contributed by atoms with E-state index in [0.717, 1.165) is 5.69 Å². The van der Waals surface area contributed by atoms with Crippen LogP contribution in [0.2, 0.25) is 0 Å². The summed E-state index contributed by atoms with van der Waals surface area (Å²) in [6.45, 7) is 1.81. The number of hydrogen-bond acceptors (Lipinski definition) is 6. The quantitative estimate of drug-likeness (QED) is 0.745. The number of nitrogens with zero attached hydrogens (tertiary/aromatic N) is 4. The van der Waals surface area contributed by atoms with Crippen LogP contribution in [0.5, 0.6) is 0 Å². The van der Waals surface area contributed by atoms with Crippen molar-refractivity contribution in [3.05, 3.63) is 22.1 Å². The Labute approximate surface area is 89.4 Å². The molecule has 78 valence electrons. The van der Waals surface area contributed by atoms with Crippen molar-refractivity contribution in [2.75, 3.05) is 5.73 Å². The highest BCUT2D eigenvalue weighted by Crippen LogP contribution is 2.21. The smallest absolute Gasteiger partial charge is 0.276 e. The summed E-state index contributed by atoms with van der Waals surface area (Å²) in [4.78, 5) is 11.7. The van der Waals surface area contributed by atoms with Crippen LogP contribution in [0.15, 0.2) is 10.9 Å². The average molecular weight is 223 g/mol. The fraction of sp³-hybridized carbons (Fsp3) is 0.250. The topological polar surface area (TPSA) is 86.7 Å². The molecule has 0 fully saturated rings. The van der Waals surface area contributed by atoms with Gasteiger partial charge in [0.05, 0.1) is 11.3 Å². The maximum atomic E-state index is 11.7. The number of nitrogens with two attached hydrogens (primary N) is 1. The molecule has 0 atom stereocenters. The Hall–Kier alpha value is -1.76. The monoisotopic (exact) mass is 223 g/mol. The van der Waals surface area contributed by atoms with E-state index >= 15 is 0 Å². The summed E-state index contributed by atoms with van der Waals surface area (Å²) in [6.07, 6.45) is 0. The van der Waals surface area contributed by atoms with E-state index in [4.69, 9.17) is 5.73 Å². The molecule has 0 amide bonds. The first-order valence-electron chi connectivity index (χ1n) is 4.22. The zero-order valence-electron chi connectivity index (χ0n) is 8.26. The minimum absolute atomic E-state index is 0.197. The van der Waals surface area contributed by atoms with E-state index in [-0.39, 0.29) is 5.56 Å². The van der Waals surface area contributed by atoms with Gasteiger partial charge in [0, 0.05) is 7.05 Å². The number of hydrogen-bond donors (Lipinski definition) is 1. The molecule has 2 N–H and O–H groups in total. The fourth-order valence-corrected chi connectivity index (χ4v) is 1.87. The van der Waals surface area contributed by atoms with Crippen LogP contribution in [0.3, 0.4) is 0 Å². The van der Waals surface area contributed by atoms with Gasteiger partial charge in [-0.15, -0.1) is 10.2 Å². The van der Waals surface area contributed by atoms with Gasteiger partial charge in [-0.25, -0.2) is 4.68 Å². The van der Waals surface area contributed by atoms with E-state index in [2.05, 4.69) is 15.3 Å². The second-order valence-corrected chi connectivity index (χ2v) is 4.08. The van der Waals surface area contributed by atoms with Crippen LogP contribution in [0, 0.1) is 6.92 Å². The van der Waals surface area contributed by atoms with Gasteiger partial charge in [-0.1, -0.05) is 11.3 Å². The van der Waals surface area contributed by atoms with Crippen molar-refractivity contribution in [2.24, 2.45) is 7.05 Å². The van der Waals surface area contributed by atoms with Gasteiger partial charge >= 0.3 is 0 Å². The van der Waals surface area contributed by atoms with Crippen molar-refractivity contribution in [3.63, 3.8) is 0 Å². The molecule has 2 aromatic heterocycles. The normalized spacial score (nSPS) is 10.5. The summed E-state index contributed by atoms with van der Waals surface area (Å²) >= 11 is 1.19. The van der Waals surface area contributed by atoms with Gasteiger partial charge in [-0.2, -0.15) is 5.10 Å². The minimum atomic E-state index is -0.197. The number of anilines is 1. The summed E-state index contributed by atoms with van der Waals surface area (Å²) < 4.78 is 1.28. The Morgan fingerprint density at radius 3 is 2.80 bits per heavy atom. The second kappa shape index (κ2) is 3.43. The molecule has 0 radical (unpaired) electrons. The number of aryl methyl sites for hydroxylation is 2. The van der Waals surface area contributed by atoms with Gasteiger partial charge < -0.3 is 5.73 Å². The highest BCUT2D eigenvalue weighted by molar-refractivity contribution is 7.18. The first kappa shape index (κ1) is 9.78. The Balaban J connectivity index is 2.67. The summed E-state index contributed by atoms with van der Waals surface area (Å²) in [5.74, 6) is 0. The van der Waals surface area contributed by atoms with Crippen LogP contribution in [0.1, 0.15) is 5.69 Å². The Kier molecular flexibility index (Phi) is 2.24. The van der Waals surface area contributed by atoms with Crippen LogP contribution < -0.4 is 11.3 Å². The fourth-order valence-electron chi connectivity index (χ4n) is 1.25. The Morgan fingerprint density at radius 2 is 2.20 bits per heavy atom. The summed E-state index contributed by atoms with van der Waals surface area (Å²) in [7, 11) is 1.60. The van der Waals surface area contributed by atoms with E-state index in [1.54, 1.807) is 13.1 Å². The van der Waals surface area contributed by atoms with Crippen molar-refractivity contribution >= 4 is 16.5 Å². The van der Waals surface area contributed by atoms with Crippen molar-refractivity contribution in [3.8, 4) is 10.6 Å². The third-order valence-corrected chi connectivity index (χ3v) is 2.64. The van der Waals surface area contributed by atoms with E-state index in [1.165, 1.54) is 16.0 Å². The van der Waals surface area contributed by atoms with Gasteiger partial charge in [-0.3, -0.25) is 4.79 Å². The molecule has 7 heteroatoms. The molecule has 2 heterocycles. The zero-order valence-corrected chi connectivity index (χ0v) is 9.08. The van der Waals surface area contributed by atoms with Crippen molar-refractivity contribution in [1.29, 1.82) is 0 Å². The summed E-state index contributed by atoms with van der Waals surface area (Å²) in [5.41, 5.74) is 6.50. The third-order valence-electron chi connectivity index (χ3n) is 1.86. The zero-order chi connectivity index (χ0) is 11.0. The molecule has 2 aromatic rings. The highest BCUT2D eigenvalue weighted by atomic mass is 32.1. The van der Waals surface area contributed by atoms with E-state index in [9.17, 15) is 4.79 Å². The van der Waals surface area contributed by atoms with Crippen LogP contribution in [-0.2, 0) is 7.05 Å². The second-order valence-electron chi connectivity index (χ2n) is 3.07. The molecule has 0 aliphatic carbocycles. The average Bonchev–Trinajstić information content (AvgIpc) is 2.58. The lowest BCUT2D eigenvalue weighted by Crippen LogP contribution is -2.21. The molecule has 0 spiro atoms. The van der Waals surface area contributed by atoms with Gasteiger partial charge in [0.2, 0.25) is 5.13 Å². The molecule has 0 unspecified atom stereocenters. The number of aromatic nitrogens is 4. The lowest BCUT2D eigenvalue weighted by atomic mass is 10.3. The van der Waals surface area contributed by atoms with Gasteiger partial charge in [-0.05, 0) is 13.0 Å². The molecule has 0 aliphatic heterocycles. The molecular formula is C8H9N5OS. The van der Waals surface area contributed by atoms with E-state index in [0.29, 0.717) is 15.7 Å². The predicted octanol–water partition coefficient (Wildman–Crippen LogP) is 0.189. The molecule has 2 rings (SSSR count).